The summed E-state index contributed by atoms with van der Waals surface area (Å²) in [4.78, 5) is 0. The van der Waals surface area contributed by atoms with Gasteiger partial charge < -0.3 is 14.2 Å². The molecule has 3 aromatic rings. The molecule has 0 amide bonds. The lowest BCUT2D eigenvalue weighted by atomic mass is 10.1. The van der Waals surface area contributed by atoms with Gasteiger partial charge in [0, 0.05) is 22.3 Å². The fourth-order valence-electron chi connectivity index (χ4n) is 2.51. The van der Waals surface area contributed by atoms with Crippen LogP contribution in [0.15, 0.2) is 66.7 Å². The van der Waals surface area contributed by atoms with Gasteiger partial charge in [0.1, 0.15) is 5.75 Å². The standard InChI is InChI=1S/C25H20O3/c1-26-23-15-12-21(13-16-23)9-8-19-4-6-20(7-5-19)10-11-22-14-17-24(27-2)25(18-22)28-3/h4-7,12-18H,1-3H3. The summed E-state index contributed by atoms with van der Waals surface area (Å²) < 4.78 is 15.7. The molecule has 3 heteroatoms. The molecule has 28 heavy (non-hydrogen) atoms. The van der Waals surface area contributed by atoms with Gasteiger partial charge in [-0.05, 0) is 66.7 Å². The van der Waals surface area contributed by atoms with E-state index in [2.05, 4.69) is 23.7 Å². The summed E-state index contributed by atoms with van der Waals surface area (Å²) in [6.07, 6.45) is 0. The van der Waals surface area contributed by atoms with E-state index in [-0.39, 0.29) is 0 Å². The zero-order valence-electron chi connectivity index (χ0n) is 16.1. The lowest BCUT2D eigenvalue weighted by molar-refractivity contribution is 0.355. The molecule has 0 fully saturated rings. The van der Waals surface area contributed by atoms with Gasteiger partial charge in [-0.25, -0.2) is 0 Å². The highest BCUT2D eigenvalue weighted by atomic mass is 16.5. The molecule has 0 aliphatic rings. The molecule has 3 aromatic carbocycles. The molecule has 0 heterocycles. The summed E-state index contributed by atoms with van der Waals surface area (Å²) in [5, 5.41) is 0. The first-order valence-corrected chi connectivity index (χ1v) is 8.72. The highest BCUT2D eigenvalue weighted by Gasteiger charge is 2.02. The van der Waals surface area contributed by atoms with Gasteiger partial charge in [-0.3, -0.25) is 0 Å². The summed E-state index contributed by atoms with van der Waals surface area (Å²) in [6, 6.07) is 21.2. The Labute approximate surface area is 165 Å². The third-order valence-electron chi connectivity index (χ3n) is 4.06. The van der Waals surface area contributed by atoms with Crippen molar-refractivity contribution in [2.75, 3.05) is 21.3 Å². The van der Waals surface area contributed by atoms with Crippen LogP contribution in [0.5, 0.6) is 17.2 Å². The fourth-order valence-corrected chi connectivity index (χ4v) is 2.51. The smallest absolute Gasteiger partial charge is 0.161 e. The van der Waals surface area contributed by atoms with E-state index in [1.54, 1.807) is 21.3 Å². The molecule has 0 bridgehead atoms. The van der Waals surface area contributed by atoms with E-state index >= 15 is 0 Å². The number of hydrogen-bond acceptors (Lipinski definition) is 3. The van der Waals surface area contributed by atoms with Crippen LogP contribution in [0.1, 0.15) is 22.3 Å². The van der Waals surface area contributed by atoms with Crippen LogP contribution in [0, 0.1) is 23.7 Å². The molecule has 0 atom stereocenters. The van der Waals surface area contributed by atoms with E-state index < -0.39 is 0 Å². The molecule has 138 valence electrons. The van der Waals surface area contributed by atoms with Crippen molar-refractivity contribution < 1.29 is 14.2 Å². The Hall–Kier alpha value is -3.82. The Morgan fingerprint density at radius 1 is 0.464 bits per heavy atom. The summed E-state index contributed by atoms with van der Waals surface area (Å²) in [5.41, 5.74) is 3.66. The van der Waals surface area contributed by atoms with Crippen LogP contribution < -0.4 is 14.2 Å². The maximum atomic E-state index is 5.31. The van der Waals surface area contributed by atoms with E-state index in [4.69, 9.17) is 14.2 Å². The van der Waals surface area contributed by atoms with Crippen molar-refractivity contribution in [1.82, 2.24) is 0 Å². The first-order chi connectivity index (χ1) is 13.7. The van der Waals surface area contributed by atoms with Crippen LogP contribution in [0.4, 0.5) is 0 Å². The molecule has 0 saturated heterocycles. The minimum absolute atomic E-state index is 0.665. The van der Waals surface area contributed by atoms with E-state index in [0.29, 0.717) is 11.5 Å². The molecule has 0 spiro atoms. The predicted molar refractivity (Wildman–Crippen MR) is 111 cm³/mol. The molecule has 3 nitrogen and oxygen atoms in total. The van der Waals surface area contributed by atoms with Crippen molar-refractivity contribution in [2.24, 2.45) is 0 Å². The quantitative estimate of drug-likeness (QED) is 0.637. The molecule has 0 N–H and O–H groups in total. The minimum Gasteiger partial charge on any atom is -0.497 e. The van der Waals surface area contributed by atoms with Crippen molar-refractivity contribution in [3.63, 3.8) is 0 Å². The van der Waals surface area contributed by atoms with Gasteiger partial charge in [-0.1, -0.05) is 23.7 Å². The zero-order valence-corrected chi connectivity index (χ0v) is 16.1. The number of benzene rings is 3. The van der Waals surface area contributed by atoms with Gasteiger partial charge in [0.15, 0.2) is 11.5 Å². The third kappa shape index (κ3) is 4.87. The second-order valence-electron chi connectivity index (χ2n) is 5.88. The first-order valence-electron chi connectivity index (χ1n) is 8.72. The fraction of sp³-hybridized carbons (Fsp3) is 0.120. The first kappa shape index (κ1) is 19.0. The molecule has 0 radical (unpaired) electrons. The summed E-state index contributed by atoms with van der Waals surface area (Å²) in [6.45, 7) is 0. The van der Waals surface area contributed by atoms with E-state index in [1.165, 1.54) is 0 Å². The topological polar surface area (TPSA) is 27.7 Å². The van der Waals surface area contributed by atoms with Crippen LogP contribution in [0.2, 0.25) is 0 Å². The number of hydrogen-bond donors (Lipinski definition) is 0. The van der Waals surface area contributed by atoms with Gasteiger partial charge in [0.05, 0.1) is 21.3 Å². The van der Waals surface area contributed by atoms with Crippen LogP contribution in [0.25, 0.3) is 0 Å². The SMILES string of the molecule is COc1ccc(C#Cc2ccc(C#Cc3ccc(OC)c(OC)c3)cc2)cc1. The van der Waals surface area contributed by atoms with Crippen molar-refractivity contribution in [3.05, 3.63) is 89.0 Å². The summed E-state index contributed by atoms with van der Waals surface area (Å²) >= 11 is 0. The number of ether oxygens (including phenoxy) is 3. The average molecular weight is 368 g/mol. The monoisotopic (exact) mass is 368 g/mol. The van der Waals surface area contributed by atoms with Crippen LogP contribution >= 0.6 is 0 Å². The second kappa shape index (κ2) is 9.21. The molecular formula is C25H20O3. The molecular weight excluding hydrogens is 348 g/mol. The Morgan fingerprint density at radius 3 is 1.36 bits per heavy atom. The van der Waals surface area contributed by atoms with Gasteiger partial charge in [0.2, 0.25) is 0 Å². The molecule has 0 aliphatic carbocycles. The Morgan fingerprint density at radius 2 is 0.893 bits per heavy atom. The Balaban J connectivity index is 1.72. The van der Waals surface area contributed by atoms with Gasteiger partial charge in [-0.15, -0.1) is 0 Å². The van der Waals surface area contributed by atoms with Gasteiger partial charge in [0.25, 0.3) is 0 Å². The largest absolute Gasteiger partial charge is 0.497 e. The third-order valence-corrected chi connectivity index (χ3v) is 4.06. The maximum Gasteiger partial charge on any atom is 0.161 e. The van der Waals surface area contributed by atoms with Crippen molar-refractivity contribution in [2.45, 2.75) is 0 Å². The predicted octanol–water partition coefficient (Wildman–Crippen LogP) is 4.51. The van der Waals surface area contributed by atoms with E-state index in [9.17, 15) is 0 Å². The highest BCUT2D eigenvalue weighted by molar-refractivity contribution is 5.51. The van der Waals surface area contributed by atoms with Crippen LogP contribution in [0.3, 0.4) is 0 Å². The lowest BCUT2D eigenvalue weighted by Crippen LogP contribution is -1.90. The lowest BCUT2D eigenvalue weighted by Gasteiger charge is -2.06. The summed E-state index contributed by atoms with van der Waals surface area (Å²) in [7, 11) is 4.87. The van der Waals surface area contributed by atoms with E-state index in [1.807, 2.05) is 66.7 Å². The molecule has 0 aliphatic heterocycles. The second-order valence-corrected chi connectivity index (χ2v) is 5.88. The Bertz CT molecular complexity index is 1060. The van der Waals surface area contributed by atoms with Crippen LogP contribution in [-0.2, 0) is 0 Å². The minimum atomic E-state index is 0.665. The zero-order chi connectivity index (χ0) is 19.8. The Kier molecular flexibility index (Phi) is 6.24. The van der Waals surface area contributed by atoms with Crippen molar-refractivity contribution in [3.8, 4) is 40.9 Å². The van der Waals surface area contributed by atoms with Gasteiger partial charge in [-0.2, -0.15) is 0 Å². The van der Waals surface area contributed by atoms with Crippen molar-refractivity contribution >= 4 is 0 Å². The highest BCUT2D eigenvalue weighted by Crippen LogP contribution is 2.27. The molecule has 0 unspecified atom stereocenters. The van der Waals surface area contributed by atoms with Crippen molar-refractivity contribution in [1.29, 1.82) is 0 Å². The van der Waals surface area contributed by atoms with E-state index in [0.717, 1.165) is 28.0 Å². The maximum absolute atomic E-state index is 5.31. The molecule has 3 rings (SSSR count). The van der Waals surface area contributed by atoms with Gasteiger partial charge >= 0.3 is 0 Å². The number of methoxy groups -OCH3 is 3. The molecule has 0 aromatic heterocycles. The summed E-state index contributed by atoms with van der Waals surface area (Å²) in [5.74, 6) is 14.8. The van der Waals surface area contributed by atoms with Crippen LogP contribution in [-0.4, -0.2) is 21.3 Å². The number of rotatable bonds is 3. The normalized spacial score (nSPS) is 9.39. The molecule has 0 saturated carbocycles. The average Bonchev–Trinajstić information content (AvgIpc) is 2.77.